The lowest BCUT2D eigenvalue weighted by atomic mass is 10.2. The molecule has 56 valence electrons. The highest BCUT2D eigenvalue weighted by molar-refractivity contribution is 7.14. The second-order valence-corrected chi connectivity index (χ2v) is 3.17. The van der Waals surface area contributed by atoms with E-state index in [2.05, 4.69) is 5.92 Å². The second kappa shape index (κ2) is 3.36. The maximum atomic E-state index is 11.1. The second-order valence-electron chi connectivity index (χ2n) is 2.08. The molecule has 1 aromatic heterocycles. The first kappa shape index (κ1) is 8.03. The summed E-state index contributed by atoms with van der Waals surface area (Å²) in [4.78, 5) is 12.7. The Labute approximate surface area is 70.1 Å². The minimum absolute atomic E-state index is 0.163. The zero-order valence-electron chi connectivity index (χ0n) is 6.26. The molecule has 0 fully saturated rings. The maximum Gasteiger partial charge on any atom is 0.172 e. The zero-order chi connectivity index (χ0) is 8.27. The Kier molecular flexibility index (Phi) is 2.45. The quantitative estimate of drug-likeness (QED) is 0.484. The molecule has 0 saturated carbocycles. The molecule has 0 unspecified atom stereocenters. The van der Waals surface area contributed by atoms with Crippen LogP contribution in [0.3, 0.4) is 0 Å². The van der Waals surface area contributed by atoms with Crippen LogP contribution in [0.15, 0.2) is 12.1 Å². The lowest BCUT2D eigenvalue weighted by molar-refractivity contribution is 0.0992. The van der Waals surface area contributed by atoms with E-state index in [0.717, 1.165) is 9.75 Å². The summed E-state index contributed by atoms with van der Waals surface area (Å²) in [5.41, 5.74) is 0. The van der Waals surface area contributed by atoms with Crippen LogP contribution in [0.4, 0.5) is 0 Å². The molecule has 1 aromatic rings. The highest BCUT2D eigenvalue weighted by atomic mass is 32.1. The Morgan fingerprint density at radius 1 is 1.73 bits per heavy atom. The number of carbonyl (C=O) groups excluding carboxylic acids is 1. The van der Waals surface area contributed by atoms with Gasteiger partial charge in [-0.05, 0) is 12.1 Å². The molecule has 0 N–H and O–H groups in total. The number of rotatable bonds is 2. The van der Waals surface area contributed by atoms with Gasteiger partial charge in [-0.15, -0.1) is 17.8 Å². The fraction of sp³-hybridized carbons (Fsp3) is 0.222. The first-order chi connectivity index (χ1) is 5.27. The van der Waals surface area contributed by atoms with E-state index in [1.54, 1.807) is 12.1 Å². The summed E-state index contributed by atoms with van der Waals surface area (Å²) < 4.78 is 0. The van der Waals surface area contributed by atoms with Gasteiger partial charge in [0.1, 0.15) is 0 Å². The van der Waals surface area contributed by atoms with Crippen molar-refractivity contribution in [2.45, 2.75) is 13.3 Å². The van der Waals surface area contributed by atoms with Crippen LogP contribution in [-0.2, 0) is 0 Å². The zero-order valence-corrected chi connectivity index (χ0v) is 7.07. The summed E-state index contributed by atoms with van der Waals surface area (Å²) in [6.45, 7) is 1.84. The summed E-state index contributed by atoms with van der Waals surface area (Å²) in [7, 11) is 0. The van der Waals surface area contributed by atoms with Gasteiger partial charge in [0.15, 0.2) is 5.78 Å². The molecule has 1 rings (SSSR count). The molecule has 0 aliphatic rings. The van der Waals surface area contributed by atoms with Gasteiger partial charge in [0.2, 0.25) is 0 Å². The molecule has 0 radical (unpaired) electrons. The minimum atomic E-state index is 0.163. The van der Waals surface area contributed by atoms with E-state index >= 15 is 0 Å². The first-order valence-corrected chi connectivity index (χ1v) is 4.19. The highest BCUT2D eigenvalue weighted by Gasteiger charge is 2.04. The molecule has 0 aliphatic heterocycles. The van der Waals surface area contributed by atoms with E-state index in [1.165, 1.54) is 11.3 Å². The van der Waals surface area contributed by atoms with Gasteiger partial charge in [-0.25, -0.2) is 0 Å². The Hall–Kier alpha value is -1.07. The van der Waals surface area contributed by atoms with Gasteiger partial charge < -0.3 is 0 Å². The van der Waals surface area contributed by atoms with Crippen LogP contribution in [0, 0.1) is 12.3 Å². The Morgan fingerprint density at radius 2 is 2.45 bits per heavy atom. The smallest absolute Gasteiger partial charge is 0.172 e. The molecule has 0 atom stereocenters. The molecule has 0 bridgehead atoms. The topological polar surface area (TPSA) is 17.1 Å². The standard InChI is InChI=1S/C9H8OS/c1-3-7-5-6-9(11-7)8(10)4-2/h1,5-6H,4H2,2H3. The van der Waals surface area contributed by atoms with E-state index in [9.17, 15) is 4.79 Å². The average Bonchev–Trinajstić information content (AvgIpc) is 2.50. The molecule has 11 heavy (non-hydrogen) atoms. The van der Waals surface area contributed by atoms with Gasteiger partial charge in [-0.2, -0.15) is 0 Å². The maximum absolute atomic E-state index is 11.1. The van der Waals surface area contributed by atoms with Crippen molar-refractivity contribution < 1.29 is 4.79 Å². The van der Waals surface area contributed by atoms with Gasteiger partial charge in [0.25, 0.3) is 0 Å². The molecular weight excluding hydrogens is 156 g/mol. The van der Waals surface area contributed by atoms with Crippen LogP contribution < -0.4 is 0 Å². The van der Waals surface area contributed by atoms with Crippen LogP contribution in [0.2, 0.25) is 0 Å². The largest absolute Gasteiger partial charge is 0.293 e. The molecular formula is C9H8OS. The summed E-state index contributed by atoms with van der Waals surface area (Å²) in [6, 6.07) is 3.58. The third kappa shape index (κ3) is 1.69. The van der Waals surface area contributed by atoms with Crippen molar-refractivity contribution in [1.29, 1.82) is 0 Å². The molecule has 2 heteroatoms. The monoisotopic (exact) mass is 164 g/mol. The lowest BCUT2D eigenvalue weighted by Gasteiger charge is -1.87. The number of hydrogen-bond acceptors (Lipinski definition) is 2. The van der Waals surface area contributed by atoms with Crippen LogP contribution in [0.25, 0.3) is 0 Å². The van der Waals surface area contributed by atoms with E-state index in [1.807, 2.05) is 6.92 Å². The van der Waals surface area contributed by atoms with Crippen LogP contribution in [0.1, 0.15) is 27.9 Å². The fourth-order valence-corrected chi connectivity index (χ4v) is 1.57. The average molecular weight is 164 g/mol. The normalized spacial score (nSPS) is 9.09. The Morgan fingerprint density at radius 3 is 2.91 bits per heavy atom. The predicted molar refractivity (Wildman–Crippen MR) is 46.9 cm³/mol. The van der Waals surface area contributed by atoms with Crippen molar-refractivity contribution in [2.24, 2.45) is 0 Å². The summed E-state index contributed by atoms with van der Waals surface area (Å²) in [5, 5.41) is 0. The van der Waals surface area contributed by atoms with E-state index < -0.39 is 0 Å². The number of ketones is 1. The minimum Gasteiger partial charge on any atom is -0.293 e. The molecule has 1 heterocycles. The van der Waals surface area contributed by atoms with Gasteiger partial charge in [0, 0.05) is 6.42 Å². The van der Waals surface area contributed by atoms with E-state index in [4.69, 9.17) is 6.42 Å². The number of hydrogen-bond donors (Lipinski definition) is 0. The van der Waals surface area contributed by atoms with Gasteiger partial charge in [-0.3, -0.25) is 4.79 Å². The fourth-order valence-electron chi connectivity index (χ4n) is 0.740. The lowest BCUT2D eigenvalue weighted by Crippen LogP contribution is -1.90. The van der Waals surface area contributed by atoms with E-state index in [-0.39, 0.29) is 5.78 Å². The van der Waals surface area contributed by atoms with Crippen molar-refractivity contribution in [1.82, 2.24) is 0 Å². The SMILES string of the molecule is C#Cc1ccc(C(=O)CC)s1. The number of Topliss-reactive ketones (excluding diaryl/α,β-unsaturated/α-hetero) is 1. The van der Waals surface area contributed by atoms with Crippen LogP contribution in [-0.4, -0.2) is 5.78 Å². The summed E-state index contributed by atoms with van der Waals surface area (Å²) in [6.07, 6.45) is 5.70. The summed E-state index contributed by atoms with van der Waals surface area (Å²) in [5.74, 6) is 2.66. The first-order valence-electron chi connectivity index (χ1n) is 3.37. The van der Waals surface area contributed by atoms with Crippen molar-refractivity contribution in [2.75, 3.05) is 0 Å². The van der Waals surface area contributed by atoms with Gasteiger partial charge in [-0.1, -0.05) is 12.8 Å². The van der Waals surface area contributed by atoms with Crippen molar-refractivity contribution in [3.05, 3.63) is 21.9 Å². The van der Waals surface area contributed by atoms with Crippen LogP contribution >= 0.6 is 11.3 Å². The van der Waals surface area contributed by atoms with Gasteiger partial charge in [0.05, 0.1) is 9.75 Å². The van der Waals surface area contributed by atoms with Crippen molar-refractivity contribution in [3.8, 4) is 12.3 Å². The van der Waals surface area contributed by atoms with Crippen molar-refractivity contribution in [3.63, 3.8) is 0 Å². The molecule has 0 aromatic carbocycles. The Balaban J connectivity index is 2.91. The van der Waals surface area contributed by atoms with Gasteiger partial charge >= 0.3 is 0 Å². The van der Waals surface area contributed by atoms with E-state index in [0.29, 0.717) is 6.42 Å². The summed E-state index contributed by atoms with van der Waals surface area (Å²) >= 11 is 1.38. The predicted octanol–water partition coefficient (Wildman–Crippen LogP) is 2.32. The van der Waals surface area contributed by atoms with Crippen LogP contribution in [0.5, 0.6) is 0 Å². The highest BCUT2D eigenvalue weighted by Crippen LogP contribution is 2.16. The molecule has 0 aliphatic carbocycles. The van der Waals surface area contributed by atoms with Crippen molar-refractivity contribution >= 4 is 17.1 Å². The number of carbonyl (C=O) groups is 1. The third-order valence-corrected chi connectivity index (χ3v) is 2.40. The Bertz CT molecular complexity index is 304. The number of thiophene rings is 1. The molecule has 0 amide bonds. The number of terminal acetylenes is 1. The molecule has 1 nitrogen and oxygen atoms in total. The third-order valence-electron chi connectivity index (χ3n) is 1.34. The molecule has 0 spiro atoms. The molecule has 0 saturated heterocycles.